The average Bonchev–Trinajstić information content (AvgIpc) is 2.67. The number of hydrogen-bond donors (Lipinski definition) is 1. The van der Waals surface area contributed by atoms with E-state index in [-0.39, 0.29) is 11.1 Å². The Morgan fingerprint density at radius 1 is 1.32 bits per heavy atom. The van der Waals surface area contributed by atoms with Crippen LogP contribution in [-0.4, -0.2) is 22.4 Å². The van der Waals surface area contributed by atoms with Gasteiger partial charge >= 0.3 is 5.97 Å². The van der Waals surface area contributed by atoms with Crippen molar-refractivity contribution < 1.29 is 24.2 Å². The molecule has 1 N–H and O–H groups in total. The van der Waals surface area contributed by atoms with Crippen LogP contribution in [0.3, 0.4) is 0 Å². The first kappa shape index (κ1) is 13.4. The van der Waals surface area contributed by atoms with Gasteiger partial charge in [0.2, 0.25) is 5.91 Å². The molecule has 0 aromatic heterocycles. The van der Waals surface area contributed by atoms with Gasteiger partial charge in [-0.2, -0.15) is 0 Å². The van der Waals surface area contributed by atoms with E-state index < -0.39 is 11.2 Å². The predicted molar refractivity (Wildman–Crippen MR) is 67.5 cm³/mol. The van der Waals surface area contributed by atoms with Crippen LogP contribution in [0.2, 0.25) is 0 Å². The lowest BCUT2D eigenvalue weighted by Gasteiger charge is -2.06. The molecule has 100 valence electrons. The standard InChI is InChI=1S/C12H11NO5S/c1-7(14)17-18-9-4-2-8(3-5-9)6-10-11(15)13-12(16)19-10/h2-5,10H,6H2,1H3,(H,13,15,16). The molecule has 0 bridgehead atoms. The van der Waals surface area contributed by atoms with E-state index in [1.807, 2.05) is 0 Å². The second kappa shape index (κ2) is 5.75. The van der Waals surface area contributed by atoms with E-state index in [9.17, 15) is 14.4 Å². The summed E-state index contributed by atoms with van der Waals surface area (Å²) in [6, 6.07) is 6.74. The summed E-state index contributed by atoms with van der Waals surface area (Å²) < 4.78 is 0. The number of benzene rings is 1. The molecular formula is C12H11NO5S. The van der Waals surface area contributed by atoms with Gasteiger partial charge in [-0.1, -0.05) is 23.9 Å². The van der Waals surface area contributed by atoms with Crippen LogP contribution in [0.5, 0.6) is 5.75 Å². The van der Waals surface area contributed by atoms with Crippen molar-refractivity contribution in [3.8, 4) is 5.75 Å². The minimum Gasteiger partial charge on any atom is -0.287 e. The fourth-order valence-electron chi connectivity index (χ4n) is 1.53. The van der Waals surface area contributed by atoms with Gasteiger partial charge in [0.15, 0.2) is 5.75 Å². The van der Waals surface area contributed by atoms with Crippen molar-refractivity contribution in [3.63, 3.8) is 0 Å². The maximum atomic E-state index is 11.4. The third-order valence-corrected chi connectivity index (χ3v) is 3.35. The van der Waals surface area contributed by atoms with Crippen LogP contribution in [0, 0.1) is 0 Å². The van der Waals surface area contributed by atoms with Crippen molar-refractivity contribution in [2.24, 2.45) is 0 Å². The summed E-state index contributed by atoms with van der Waals surface area (Å²) in [5.74, 6) is -0.421. The van der Waals surface area contributed by atoms with E-state index in [0.717, 1.165) is 17.3 Å². The summed E-state index contributed by atoms with van der Waals surface area (Å²) in [6.07, 6.45) is 0.454. The van der Waals surface area contributed by atoms with Crippen LogP contribution in [-0.2, 0) is 20.9 Å². The Labute approximate surface area is 113 Å². The first-order valence-electron chi connectivity index (χ1n) is 5.50. The van der Waals surface area contributed by atoms with Crippen molar-refractivity contribution in [1.29, 1.82) is 0 Å². The van der Waals surface area contributed by atoms with Crippen LogP contribution in [0.4, 0.5) is 4.79 Å². The minimum absolute atomic E-state index is 0.268. The number of carbonyl (C=O) groups excluding carboxylic acids is 3. The normalized spacial score (nSPS) is 18.1. The van der Waals surface area contributed by atoms with Crippen molar-refractivity contribution in [3.05, 3.63) is 29.8 Å². The summed E-state index contributed by atoms with van der Waals surface area (Å²) in [6.45, 7) is 1.24. The molecule has 0 aliphatic carbocycles. The summed E-state index contributed by atoms with van der Waals surface area (Å²) in [7, 11) is 0. The maximum absolute atomic E-state index is 11.4. The van der Waals surface area contributed by atoms with Crippen molar-refractivity contribution >= 4 is 28.9 Å². The highest BCUT2D eigenvalue weighted by molar-refractivity contribution is 8.15. The lowest BCUT2D eigenvalue weighted by atomic mass is 10.1. The fourth-order valence-corrected chi connectivity index (χ4v) is 2.39. The third kappa shape index (κ3) is 3.72. The van der Waals surface area contributed by atoms with Gasteiger partial charge in [0.1, 0.15) is 0 Å². The number of thioether (sulfide) groups is 1. The molecule has 1 aliphatic rings. The van der Waals surface area contributed by atoms with Crippen molar-refractivity contribution in [1.82, 2.24) is 5.32 Å². The Bertz CT molecular complexity index is 513. The first-order chi connectivity index (χ1) is 9.04. The number of rotatable bonds is 4. The zero-order valence-corrected chi connectivity index (χ0v) is 10.9. The van der Waals surface area contributed by atoms with E-state index in [1.54, 1.807) is 24.3 Å². The lowest BCUT2D eigenvalue weighted by molar-refractivity contribution is -0.210. The van der Waals surface area contributed by atoms with E-state index in [0.29, 0.717) is 12.2 Å². The minimum atomic E-state index is -0.540. The van der Waals surface area contributed by atoms with Gasteiger partial charge in [-0.15, -0.1) is 0 Å². The molecular weight excluding hydrogens is 270 g/mol. The molecule has 6 nitrogen and oxygen atoms in total. The monoisotopic (exact) mass is 281 g/mol. The van der Waals surface area contributed by atoms with Gasteiger partial charge in [0, 0.05) is 6.92 Å². The predicted octanol–water partition coefficient (Wildman–Crippen LogP) is 1.44. The fraction of sp³-hybridized carbons (Fsp3) is 0.250. The molecule has 19 heavy (non-hydrogen) atoms. The molecule has 1 aromatic rings. The highest BCUT2D eigenvalue weighted by Gasteiger charge is 2.31. The van der Waals surface area contributed by atoms with Crippen LogP contribution < -0.4 is 10.2 Å². The summed E-state index contributed by atoms with van der Waals surface area (Å²) >= 11 is 0.987. The molecule has 1 saturated heterocycles. The Hall–Kier alpha value is -2.02. The smallest absolute Gasteiger partial charge is 0.287 e. The third-order valence-electron chi connectivity index (χ3n) is 2.37. The Morgan fingerprint density at radius 2 is 2.00 bits per heavy atom. The number of hydrogen-bond acceptors (Lipinski definition) is 6. The number of nitrogens with one attached hydrogen (secondary N) is 1. The second-order valence-electron chi connectivity index (χ2n) is 3.89. The van der Waals surface area contributed by atoms with Crippen LogP contribution in [0.15, 0.2) is 24.3 Å². The number of carbonyl (C=O) groups is 3. The quantitative estimate of drug-likeness (QED) is 0.664. The highest BCUT2D eigenvalue weighted by Crippen LogP contribution is 2.23. The summed E-state index contributed by atoms with van der Waals surface area (Å²) in [5.41, 5.74) is 0.887. The second-order valence-corrected chi connectivity index (χ2v) is 5.07. The molecule has 2 amide bonds. The highest BCUT2D eigenvalue weighted by atomic mass is 32.2. The molecule has 1 fully saturated rings. The summed E-state index contributed by atoms with van der Waals surface area (Å²) in [4.78, 5) is 42.1. The molecule has 1 aromatic carbocycles. The van der Waals surface area contributed by atoms with E-state index in [1.165, 1.54) is 6.92 Å². The molecule has 0 saturated carbocycles. The van der Waals surface area contributed by atoms with Crippen molar-refractivity contribution in [2.75, 3.05) is 0 Å². The number of imide groups is 1. The lowest BCUT2D eigenvalue weighted by Crippen LogP contribution is -2.25. The van der Waals surface area contributed by atoms with E-state index in [2.05, 4.69) is 10.2 Å². The van der Waals surface area contributed by atoms with Gasteiger partial charge in [0.05, 0.1) is 5.25 Å². The first-order valence-corrected chi connectivity index (χ1v) is 6.38. The number of amides is 2. The SMILES string of the molecule is CC(=O)OOc1ccc(CC2SC(=O)NC2=O)cc1. The Morgan fingerprint density at radius 3 is 2.53 bits per heavy atom. The average molecular weight is 281 g/mol. The van der Waals surface area contributed by atoms with Gasteiger partial charge < -0.3 is 0 Å². The largest absolute Gasteiger partial charge is 0.352 e. The topological polar surface area (TPSA) is 81.7 Å². The Balaban J connectivity index is 1.93. The van der Waals surface area contributed by atoms with Crippen LogP contribution in [0.1, 0.15) is 12.5 Å². The molecule has 2 rings (SSSR count). The van der Waals surface area contributed by atoms with Gasteiger partial charge in [-0.25, -0.2) is 4.79 Å². The van der Waals surface area contributed by atoms with Gasteiger partial charge in [0.25, 0.3) is 5.24 Å². The van der Waals surface area contributed by atoms with Crippen LogP contribution in [0.25, 0.3) is 0 Å². The summed E-state index contributed by atoms with van der Waals surface area (Å²) in [5, 5.41) is 1.52. The van der Waals surface area contributed by atoms with E-state index in [4.69, 9.17) is 4.89 Å². The molecule has 1 atom stereocenters. The van der Waals surface area contributed by atoms with Gasteiger partial charge in [-0.05, 0) is 24.1 Å². The molecule has 1 heterocycles. The van der Waals surface area contributed by atoms with Crippen LogP contribution >= 0.6 is 11.8 Å². The van der Waals surface area contributed by atoms with E-state index >= 15 is 0 Å². The van der Waals surface area contributed by atoms with Crippen molar-refractivity contribution in [2.45, 2.75) is 18.6 Å². The molecule has 7 heteroatoms. The molecule has 1 aliphatic heterocycles. The zero-order valence-electron chi connectivity index (χ0n) is 10.0. The molecule has 0 spiro atoms. The Kier molecular flexibility index (Phi) is 4.06. The van der Waals surface area contributed by atoms with Gasteiger partial charge in [-0.3, -0.25) is 24.7 Å². The molecule has 1 unspecified atom stereocenters. The maximum Gasteiger partial charge on any atom is 0.352 e. The molecule has 0 radical (unpaired) electrons. The zero-order chi connectivity index (χ0) is 13.8.